The van der Waals surface area contributed by atoms with Gasteiger partial charge in [0.25, 0.3) is 0 Å². The molecule has 0 aromatic rings. The molecule has 0 aliphatic rings. The van der Waals surface area contributed by atoms with Crippen LogP contribution < -0.4 is 37.7 Å². The molecule has 0 atom stereocenters. The molecule has 0 aliphatic carbocycles. The van der Waals surface area contributed by atoms with Crippen molar-refractivity contribution in [2.75, 3.05) is 0 Å². The van der Waals surface area contributed by atoms with Gasteiger partial charge in [-0.2, -0.15) is 39.5 Å². The van der Waals surface area contributed by atoms with Crippen LogP contribution in [0.1, 0.15) is 0 Å². The molecular weight excluding hydrogens is 443 g/mol. The second-order valence-electron chi connectivity index (χ2n) is 2.82. The molecule has 0 aromatic heterocycles. The van der Waals surface area contributed by atoms with E-state index in [1.165, 1.54) is 0 Å². The van der Waals surface area contributed by atoms with Crippen LogP contribution in [0.25, 0.3) is 4.13 Å². The zero-order valence-electron chi connectivity index (χ0n) is 11.4. The normalized spacial score (nSPS) is 13.7. The number of hydrogen-bond acceptors (Lipinski definition) is 7. The summed E-state index contributed by atoms with van der Waals surface area (Å²) in [6, 6.07) is 0. The fourth-order valence-electron chi connectivity index (χ4n) is 0.214. The first-order valence-corrected chi connectivity index (χ1v) is 8.13. The van der Waals surface area contributed by atoms with Gasteiger partial charge in [0.2, 0.25) is 0 Å². The molecule has 0 fully saturated rings. The SMILES string of the molecule is O=S(=O)([N-]S(=O)(=O)C(F)(F)F)C(F)(F)F.O=S(=O)([O-])C(F)(F)F.[Li+].[Li+]. The Bertz CT molecular complexity index is 676. The third-order valence-electron chi connectivity index (χ3n) is 1.06. The van der Waals surface area contributed by atoms with Crippen LogP contribution in [0, 0.1) is 0 Å². The van der Waals surface area contributed by atoms with Gasteiger partial charge in [0.05, 0.1) is 0 Å². The summed E-state index contributed by atoms with van der Waals surface area (Å²) in [5, 5.41) is 0. The third kappa shape index (κ3) is 10.9. The Kier molecular flexibility index (Phi) is 12.5. The summed E-state index contributed by atoms with van der Waals surface area (Å²) in [6.45, 7) is 0. The Morgan fingerprint density at radius 1 is 0.560 bits per heavy atom. The maximum absolute atomic E-state index is 11.4. The maximum Gasteiger partial charge on any atom is 1.00 e. The first kappa shape index (κ1) is 33.0. The number of nitrogens with zero attached hydrogens (tertiary/aromatic N) is 1. The van der Waals surface area contributed by atoms with Gasteiger partial charge in [-0.05, 0) is 0 Å². The minimum atomic E-state index is -6.72. The van der Waals surface area contributed by atoms with E-state index >= 15 is 0 Å². The van der Waals surface area contributed by atoms with Gasteiger partial charge in [0.1, 0.15) is 0 Å². The molecule has 0 saturated heterocycles. The van der Waals surface area contributed by atoms with Crippen molar-refractivity contribution in [1.82, 2.24) is 0 Å². The van der Waals surface area contributed by atoms with Gasteiger partial charge in [0.15, 0.2) is 30.2 Å². The van der Waals surface area contributed by atoms with Crippen LogP contribution in [0.5, 0.6) is 0 Å². The summed E-state index contributed by atoms with van der Waals surface area (Å²) in [4.78, 5) is 0. The molecule has 0 amide bonds. The van der Waals surface area contributed by atoms with Crippen molar-refractivity contribution in [1.29, 1.82) is 0 Å². The molecular formula is C3F9Li2NO7S3. The van der Waals surface area contributed by atoms with Crippen LogP contribution in [-0.2, 0) is 30.2 Å². The van der Waals surface area contributed by atoms with Crippen molar-refractivity contribution in [3.63, 3.8) is 0 Å². The molecule has 25 heavy (non-hydrogen) atoms. The van der Waals surface area contributed by atoms with Gasteiger partial charge < -0.3 is 8.68 Å². The van der Waals surface area contributed by atoms with Gasteiger partial charge in [-0.3, -0.25) is 0 Å². The first-order valence-electron chi connectivity index (χ1n) is 3.85. The van der Waals surface area contributed by atoms with E-state index < -0.39 is 46.7 Å². The quantitative estimate of drug-likeness (QED) is 0.181. The van der Waals surface area contributed by atoms with Crippen LogP contribution in [-0.4, -0.2) is 46.3 Å². The van der Waals surface area contributed by atoms with Gasteiger partial charge >= 0.3 is 54.2 Å². The average Bonchev–Trinajstić information content (AvgIpc) is 2.08. The minimum absolute atomic E-state index is 0. The number of halogens is 9. The predicted octanol–water partition coefficient (Wildman–Crippen LogP) is -4.88. The topological polar surface area (TPSA) is 140 Å². The summed E-state index contributed by atoms with van der Waals surface area (Å²) in [5.74, 6) is 0. The zero-order valence-corrected chi connectivity index (χ0v) is 13.9. The molecule has 0 bridgehead atoms. The van der Waals surface area contributed by atoms with E-state index in [4.69, 9.17) is 13.0 Å². The molecule has 8 nitrogen and oxygen atoms in total. The van der Waals surface area contributed by atoms with Crippen molar-refractivity contribution in [2.45, 2.75) is 16.5 Å². The van der Waals surface area contributed by atoms with E-state index in [0.29, 0.717) is 0 Å². The first-order chi connectivity index (χ1) is 9.46. The third-order valence-corrected chi connectivity index (χ3v) is 4.37. The zero-order chi connectivity index (χ0) is 19.7. The van der Waals surface area contributed by atoms with Crippen molar-refractivity contribution < 1.29 is 107 Å². The van der Waals surface area contributed by atoms with Crippen LogP contribution in [0.4, 0.5) is 39.5 Å². The van der Waals surface area contributed by atoms with E-state index in [2.05, 4.69) is 0 Å². The van der Waals surface area contributed by atoms with Crippen molar-refractivity contribution in [3.8, 4) is 0 Å². The Morgan fingerprint density at radius 3 is 0.800 bits per heavy atom. The standard InChI is InChI=1S/C2F6NO4S2.CHF3O3S.2Li/c3-1(4,5)14(10,11)9-15(12,13)2(6,7)8;2-1(3,4)8(5,6)7;;/h;(H,5,6,7);;/q-1;;2*+1/p-1. The predicted molar refractivity (Wildman–Crippen MR) is 49.1 cm³/mol. The van der Waals surface area contributed by atoms with E-state index in [0.717, 1.165) is 4.13 Å². The Hall–Kier alpha value is 0.335. The molecule has 0 N–H and O–H groups in total. The minimum Gasteiger partial charge on any atom is -0.741 e. The molecule has 0 rings (SSSR count). The monoisotopic (exact) mass is 443 g/mol. The molecule has 0 spiro atoms. The number of sulfonamides is 2. The summed E-state index contributed by atoms with van der Waals surface area (Å²) < 4.78 is 168. The fraction of sp³-hybridized carbons (Fsp3) is 1.00. The van der Waals surface area contributed by atoms with Crippen molar-refractivity contribution in [3.05, 3.63) is 4.13 Å². The molecule has 0 aromatic carbocycles. The fourth-order valence-corrected chi connectivity index (χ4v) is 1.92. The number of rotatable bonds is 2. The molecule has 22 heteroatoms. The van der Waals surface area contributed by atoms with Crippen LogP contribution in [0.2, 0.25) is 0 Å². The second kappa shape index (κ2) is 9.51. The Balaban J connectivity index is -0.000000190. The molecule has 0 heterocycles. The Morgan fingerprint density at radius 2 is 0.720 bits per heavy atom. The number of hydrogen-bond donors (Lipinski definition) is 0. The average molecular weight is 443 g/mol. The summed E-state index contributed by atoms with van der Waals surface area (Å²) in [7, 11) is -19.5. The van der Waals surface area contributed by atoms with Crippen molar-refractivity contribution in [2.24, 2.45) is 0 Å². The van der Waals surface area contributed by atoms with E-state index in [1.807, 2.05) is 0 Å². The number of alkyl halides is 9. The largest absolute Gasteiger partial charge is 1.00 e. The van der Waals surface area contributed by atoms with Crippen LogP contribution in [0.3, 0.4) is 0 Å². The summed E-state index contributed by atoms with van der Waals surface area (Å²) >= 11 is 0. The molecule has 0 saturated carbocycles. The van der Waals surface area contributed by atoms with E-state index in [-0.39, 0.29) is 37.7 Å². The second-order valence-corrected chi connectivity index (χ2v) is 7.61. The molecule has 142 valence electrons. The molecule has 0 aliphatic heterocycles. The maximum atomic E-state index is 11.4. The smallest absolute Gasteiger partial charge is 0.741 e. The molecule has 0 unspecified atom stereocenters. The summed E-state index contributed by atoms with van der Waals surface area (Å²) in [5.41, 5.74) is -18.1. The van der Waals surface area contributed by atoms with E-state index in [9.17, 15) is 56.3 Å². The van der Waals surface area contributed by atoms with Crippen LogP contribution in [0.15, 0.2) is 0 Å². The van der Waals surface area contributed by atoms with Crippen LogP contribution >= 0.6 is 0 Å². The van der Waals surface area contributed by atoms with Gasteiger partial charge in [0, 0.05) is 0 Å². The van der Waals surface area contributed by atoms with Gasteiger partial charge in [-0.15, -0.1) is 0 Å². The Labute approximate surface area is 157 Å². The summed E-state index contributed by atoms with van der Waals surface area (Å²) in [6.07, 6.45) is 0. The van der Waals surface area contributed by atoms with Gasteiger partial charge in [-0.1, -0.05) is 0 Å². The molecule has 0 radical (unpaired) electrons. The van der Waals surface area contributed by atoms with E-state index in [1.54, 1.807) is 0 Å². The van der Waals surface area contributed by atoms with Gasteiger partial charge in [-0.25, -0.2) is 25.3 Å². The van der Waals surface area contributed by atoms with Crippen molar-refractivity contribution >= 4 is 30.2 Å².